The van der Waals surface area contributed by atoms with Crippen molar-refractivity contribution in [1.82, 2.24) is 10.6 Å². The van der Waals surface area contributed by atoms with Crippen molar-refractivity contribution < 1.29 is 28.1 Å². The number of carbonyl (C=O) groups excluding carboxylic acids is 1. The zero-order valence-electron chi connectivity index (χ0n) is 19.5. The van der Waals surface area contributed by atoms with Crippen LogP contribution in [0.25, 0.3) is 0 Å². The fraction of sp³-hybridized carbons (Fsp3) is 0.250. The molecule has 1 atom stereocenters. The second kappa shape index (κ2) is 11.4. The van der Waals surface area contributed by atoms with Crippen LogP contribution in [-0.4, -0.2) is 45.2 Å². The molecule has 0 fully saturated rings. The number of methoxy groups -OCH3 is 4. The molecule has 0 saturated carbocycles. The van der Waals surface area contributed by atoms with Gasteiger partial charge in [-0.15, -0.1) is 0 Å². The van der Waals surface area contributed by atoms with Gasteiger partial charge >= 0.3 is 0 Å². The van der Waals surface area contributed by atoms with Gasteiger partial charge in [-0.3, -0.25) is 4.79 Å². The Hall–Kier alpha value is -3.34. The molecule has 0 aromatic heterocycles. The molecule has 3 rings (SSSR count). The SMILES string of the molecule is COC1=C(NC(=O)c2ccccc2F)C=CC(NC(=S)Nc2cc(Cl)c(OC)cc2OC)(OC)C1. The van der Waals surface area contributed by atoms with Gasteiger partial charge < -0.3 is 34.9 Å². The lowest BCUT2D eigenvalue weighted by molar-refractivity contribution is 0.00703. The molecule has 0 aliphatic heterocycles. The summed E-state index contributed by atoms with van der Waals surface area (Å²) < 4.78 is 35.8. The molecule has 2 aromatic carbocycles. The number of hydrogen-bond acceptors (Lipinski definition) is 6. The molecule has 1 unspecified atom stereocenters. The highest BCUT2D eigenvalue weighted by Crippen LogP contribution is 2.36. The third-order valence-corrected chi connectivity index (χ3v) is 5.77. The molecule has 0 heterocycles. The van der Waals surface area contributed by atoms with E-state index in [1.807, 2.05) is 0 Å². The molecular formula is C24H25ClFN3O5S. The monoisotopic (exact) mass is 521 g/mol. The molecule has 0 radical (unpaired) electrons. The Morgan fingerprint density at radius 1 is 1.06 bits per heavy atom. The van der Waals surface area contributed by atoms with E-state index in [9.17, 15) is 9.18 Å². The summed E-state index contributed by atoms with van der Waals surface area (Å²) in [6, 6.07) is 8.97. The van der Waals surface area contributed by atoms with Crippen molar-refractivity contribution in [3.63, 3.8) is 0 Å². The number of nitrogens with one attached hydrogen (secondary N) is 3. The van der Waals surface area contributed by atoms with Crippen molar-refractivity contribution in [1.29, 1.82) is 0 Å². The van der Waals surface area contributed by atoms with E-state index in [2.05, 4.69) is 16.0 Å². The van der Waals surface area contributed by atoms with Crippen LogP contribution in [0.3, 0.4) is 0 Å². The Labute approximate surface area is 213 Å². The van der Waals surface area contributed by atoms with Gasteiger partial charge in [0, 0.05) is 13.2 Å². The van der Waals surface area contributed by atoms with Crippen molar-refractivity contribution in [2.24, 2.45) is 0 Å². The third-order valence-electron chi connectivity index (χ3n) is 5.27. The second-order valence-corrected chi connectivity index (χ2v) is 8.16. The summed E-state index contributed by atoms with van der Waals surface area (Å²) in [7, 11) is 5.98. The minimum absolute atomic E-state index is 0.0805. The Kier molecular flexibility index (Phi) is 8.55. The highest BCUT2D eigenvalue weighted by molar-refractivity contribution is 7.80. The predicted octanol–water partition coefficient (Wildman–Crippen LogP) is 4.37. The van der Waals surface area contributed by atoms with Crippen molar-refractivity contribution in [3.05, 3.63) is 76.4 Å². The van der Waals surface area contributed by atoms with Crippen LogP contribution in [-0.2, 0) is 9.47 Å². The summed E-state index contributed by atoms with van der Waals surface area (Å²) in [5.74, 6) is 0.103. The van der Waals surface area contributed by atoms with Crippen LogP contribution in [0, 0.1) is 5.82 Å². The van der Waals surface area contributed by atoms with Crippen LogP contribution in [0.1, 0.15) is 16.8 Å². The van der Waals surface area contributed by atoms with Gasteiger partial charge in [-0.25, -0.2) is 4.39 Å². The fourth-order valence-electron chi connectivity index (χ4n) is 3.41. The van der Waals surface area contributed by atoms with Crippen LogP contribution >= 0.6 is 23.8 Å². The number of anilines is 1. The summed E-state index contributed by atoms with van der Waals surface area (Å²) in [4.78, 5) is 12.6. The lowest BCUT2D eigenvalue weighted by atomic mass is 10.00. The van der Waals surface area contributed by atoms with Crippen molar-refractivity contribution >= 4 is 40.5 Å². The molecule has 186 valence electrons. The van der Waals surface area contributed by atoms with E-state index >= 15 is 0 Å². The Bertz CT molecular complexity index is 1190. The Morgan fingerprint density at radius 2 is 1.77 bits per heavy atom. The summed E-state index contributed by atoms with van der Waals surface area (Å²) in [5.41, 5.74) is -0.284. The van der Waals surface area contributed by atoms with Crippen LogP contribution in [0.5, 0.6) is 11.5 Å². The Morgan fingerprint density at radius 3 is 2.40 bits per heavy atom. The molecular weight excluding hydrogens is 497 g/mol. The first-order chi connectivity index (χ1) is 16.8. The number of benzene rings is 2. The topological polar surface area (TPSA) is 90.1 Å². The third kappa shape index (κ3) is 6.02. The van der Waals surface area contributed by atoms with Crippen molar-refractivity contribution in [3.8, 4) is 11.5 Å². The lowest BCUT2D eigenvalue weighted by Gasteiger charge is -2.35. The first-order valence-corrected chi connectivity index (χ1v) is 11.1. The zero-order chi connectivity index (χ0) is 25.6. The van der Waals surface area contributed by atoms with Crippen LogP contribution < -0.4 is 25.4 Å². The van der Waals surface area contributed by atoms with Gasteiger partial charge in [-0.2, -0.15) is 0 Å². The standard InChI is InChI=1S/C24H25ClFN3O5S/c1-31-19-12-20(32-2)18(11-15(19)25)28-23(35)29-24(34-4)10-9-17(21(13-24)33-3)27-22(30)14-7-5-6-8-16(14)26/h5-12H,13H2,1-4H3,(H,27,30)(H2,28,29,35). The minimum Gasteiger partial charge on any atom is -0.499 e. The number of amides is 1. The van der Waals surface area contributed by atoms with Gasteiger partial charge in [0.1, 0.15) is 23.1 Å². The molecule has 8 nitrogen and oxygen atoms in total. The van der Waals surface area contributed by atoms with Crippen LogP contribution in [0.4, 0.5) is 10.1 Å². The normalized spacial score (nSPS) is 17.0. The summed E-state index contributed by atoms with van der Waals surface area (Å²) in [6.07, 6.45) is 3.45. The van der Waals surface area contributed by atoms with Gasteiger partial charge in [-0.1, -0.05) is 23.7 Å². The quantitative estimate of drug-likeness (QED) is 0.348. The maximum absolute atomic E-state index is 14.0. The highest BCUT2D eigenvalue weighted by Gasteiger charge is 2.34. The fourth-order valence-corrected chi connectivity index (χ4v) is 3.94. The highest BCUT2D eigenvalue weighted by atomic mass is 35.5. The molecule has 3 N–H and O–H groups in total. The zero-order valence-corrected chi connectivity index (χ0v) is 21.1. The molecule has 0 spiro atoms. The molecule has 1 amide bonds. The maximum atomic E-state index is 14.0. The average molecular weight is 522 g/mol. The average Bonchev–Trinajstić information content (AvgIpc) is 2.85. The molecule has 0 saturated heterocycles. The number of halogens is 2. The van der Waals surface area contributed by atoms with E-state index in [0.29, 0.717) is 33.7 Å². The summed E-state index contributed by atoms with van der Waals surface area (Å²) in [6.45, 7) is 0. The number of hydrogen-bond donors (Lipinski definition) is 3. The minimum atomic E-state index is -1.09. The van der Waals surface area contributed by atoms with E-state index in [-0.39, 0.29) is 17.1 Å². The number of ether oxygens (including phenoxy) is 4. The molecule has 1 aliphatic rings. The van der Waals surface area contributed by atoms with Gasteiger partial charge in [0.05, 0.1) is 49.7 Å². The Balaban J connectivity index is 1.76. The summed E-state index contributed by atoms with van der Waals surface area (Å²) >= 11 is 11.7. The van der Waals surface area contributed by atoms with E-state index in [4.69, 9.17) is 42.8 Å². The van der Waals surface area contributed by atoms with Crippen molar-refractivity contribution in [2.45, 2.75) is 12.1 Å². The van der Waals surface area contributed by atoms with E-state index in [1.165, 1.54) is 46.6 Å². The van der Waals surface area contributed by atoms with E-state index < -0.39 is 17.4 Å². The smallest absolute Gasteiger partial charge is 0.258 e. The van der Waals surface area contributed by atoms with Crippen molar-refractivity contribution in [2.75, 3.05) is 33.8 Å². The van der Waals surface area contributed by atoms with E-state index in [1.54, 1.807) is 30.4 Å². The maximum Gasteiger partial charge on any atom is 0.258 e. The van der Waals surface area contributed by atoms with Gasteiger partial charge in [0.15, 0.2) is 10.8 Å². The van der Waals surface area contributed by atoms with E-state index in [0.717, 1.165) is 0 Å². The molecule has 0 bridgehead atoms. The number of carbonyl (C=O) groups is 1. The van der Waals surface area contributed by atoms with Gasteiger partial charge in [0.2, 0.25) is 0 Å². The number of rotatable bonds is 8. The van der Waals surface area contributed by atoms with Gasteiger partial charge in [0.25, 0.3) is 5.91 Å². The summed E-state index contributed by atoms with van der Waals surface area (Å²) in [5, 5.41) is 9.40. The van der Waals surface area contributed by atoms with Crippen LogP contribution in [0.2, 0.25) is 5.02 Å². The largest absolute Gasteiger partial charge is 0.499 e. The first-order valence-electron chi connectivity index (χ1n) is 10.3. The molecule has 11 heteroatoms. The predicted molar refractivity (Wildman–Crippen MR) is 135 cm³/mol. The molecule has 2 aromatic rings. The second-order valence-electron chi connectivity index (χ2n) is 7.34. The van der Waals surface area contributed by atoms with Crippen LogP contribution in [0.15, 0.2) is 60.0 Å². The lowest BCUT2D eigenvalue weighted by Crippen LogP contribution is -2.51. The molecule has 35 heavy (non-hydrogen) atoms. The number of thiocarbonyl (C=S) groups is 1. The first kappa shape index (κ1) is 26.3. The molecule has 1 aliphatic carbocycles. The van der Waals surface area contributed by atoms with Gasteiger partial charge in [-0.05, 0) is 42.6 Å². The number of allylic oxidation sites excluding steroid dienone is 1.